The topological polar surface area (TPSA) is 84.2 Å². The van der Waals surface area contributed by atoms with E-state index in [1.54, 1.807) is 0 Å². The number of primary amides is 1. The van der Waals surface area contributed by atoms with Gasteiger partial charge in [-0.2, -0.15) is 0 Å². The molecule has 0 aromatic carbocycles. The van der Waals surface area contributed by atoms with Crippen LogP contribution in [-0.4, -0.2) is 25.0 Å². The Morgan fingerprint density at radius 3 is 2.50 bits per heavy atom. The van der Waals surface area contributed by atoms with Crippen molar-refractivity contribution in [3.05, 3.63) is 0 Å². The van der Waals surface area contributed by atoms with Crippen molar-refractivity contribution in [3.63, 3.8) is 0 Å². The lowest BCUT2D eigenvalue weighted by atomic mass is 9.87. The van der Waals surface area contributed by atoms with Crippen LogP contribution in [0.5, 0.6) is 0 Å². The van der Waals surface area contributed by atoms with Gasteiger partial charge in [0.2, 0.25) is 5.91 Å². The van der Waals surface area contributed by atoms with Crippen molar-refractivity contribution in [2.75, 3.05) is 13.1 Å². The summed E-state index contributed by atoms with van der Waals surface area (Å²) in [6.07, 6.45) is 7.79. The number of carbonyl (C=O) groups excluding carboxylic acids is 2. The van der Waals surface area contributed by atoms with Gasteiger partial charge < -0.3 is 11.1 Å². The Bertz CT molecular complexity index is 237. The van der Waals surface area contributed by atoms with Crippen molar-refractivity contribution in [2.45, 2.75) is 38.5 Å². The third-order valence-electron chi connectivity index (χ3n) is 3.00. The summed E-state index contributed by atoms with van der Waals surface area (Å²) >= 11 is 0. The van der Waals surface area contributed by atoms with Crippen LogP contribution in [0.1, 0.15) is 38.5 Å². The van der Waals surface area contributed by atoms with Crippen molar-refractivity contribution in [1.29, 1.82) is 0 Å². The van der Waals surface area contributed by atoms with Gasteiger partial charge in [-0.1, -0.05) is 32.1 Å². The minimum Gasteiger partial charge on any atom is -0.351 e. The van der Waals surface area contributed by atoms with E-state index in [1.165, 1.54) is 32.1 Å². The Balaban J connectivity index is 1.98. The zero-order chi connectivity index (χ0) is 11.8. The maximum absolute atomic E-state index is 11.0. The third-order valence-corrected chi connectivity index (χ3v) is 3.00. The average molecular weight is 227 g/mol. The van der Waals surface area contributed by atoms with Gasteiger partial charge in [0.15, 0.2) is 0 Å². The lowest BCUT2D eigenvalue weighted by Gasteiger charge is -2.21. The van der Waals surface area contributed by atoms with Gasteiger partial charge in [-0.05, 0) is 18.9 Å². The number of hydrogen-bond acceptors (Lipinski definition) is 3. The summed E-state index contributed by atoms with van der Waals surface area (Å²) in [6, 6.07) is -0.793. The molecule has 4 N–H and O–H groups in total. The number of urea groups is 1. The molecule has 0 radical (unpaired) electrons. The predicted octanol–water partition coefficient (Wildman–Crippen LogP) is 0.741. The lowest BCUT2D eigenvalue weighted by Crippen LogP contribution is -2.40. The molecular formula is C11H21N3O2. The third kappa shape index (κ3) is 5.70. The number of hydrogen-bond donors (Lipinski definition) is 3. The van der Waals surface area contributed by atoms with Crippen LogP contribution in [0.4, 0.5) is 4.79 Å². The highest BCUT2D eigenvalue weighted by molar-refractivity contribution is 5.94. The Kier molecular flexibility index (Phi) is 5.85. The predicted molar refractivity (Wildman–Crippen MR) is 61.8 cm³/mol. The molecule has 3 amide bonds. The van der Waals surface area contributed by atoms with Crippen LogP contribution in [0.25, 0.3) is 0 Å². The fourth-order valence-electron chi connectivity index (χ4n) is 2.17. The second kappa shape index (κ2) is 7.22. The molecule has 1 aliphatic carbocycles. The monoisotopic (exact) mass is 227 g/mol. The molecule has 0 aromatic rings. The van der Waals surface area contributed by atoms with E-state index in [1.807, 2.05) is 5.32 Å². The number of carbonyl (C=O) groups is 2. The number of amides is 3. The van der Waals surface area contributed by atoms with E-state index in [4.69, 9.17) is 5.73 Å². The van der Waals surface area contributed by atoms with Crippen molar-refractivity contribution in [3.8, 4) is 0 Å². The van der Waals surface area contributed by atoms with Crippen LogP contribution >= 0.6 is 0 Å². The van der Waals surface area contributed by atoms with Gasteiger partial charge in [-0.25, -0.2) is 4.79 Å². The van der Waals surface area contributed by atoms with Gasteiger partial charge in [-0.3, -0.25) is 10.1 Å². The minimum absolute atomic E-state index is 0.162. The molecule has 0 saturated heterocycles. The van der Waals surface area contributed by atoms with Gasteiger partial charge in [0.1, 0.15) is 0 Å². The number of rotatable bonds is 5. The van der Waals surface area contributed by atoms with Gasteiger partial charge in [0.25, 0.3) is 0 Å². The molecule has 0 unspecified atom stereocenters. The molecule has 0 bridgehead atoms. The quantitative estimate of drug-likeness (QED) is 0.606. The smallest absolute Gasteiger partial charge is 0.318 e. The summed E-state index contributed by atoms with van der Waals surface area (Å²) < 4.78 is 0. The first-order chi connectivity index (χ1) is 7.68. The summed E-state index contributed by atoms with van der Waals surface area (Å²) in [5.74, 6) is 0.441. The molecule has 0 spiro atoms. The number of nitrogens with one attached hydrogen (secondary N) is 2. The maximum atomic E-state index is 11.0. The van der Waals surface area contributed by atoms with E-state index >= 15 is 0 Å². The zero-order valence-electron chi connectivity index (χ0n) is 9.63. The summed E-state index contributed by atoms with van der Waals surface area (Å²) in [5, 5.41) is 5.04. The van der Waals surface area contributed by atoms with E-state index in [-0.39, 0.29) is 12.5 Å². The van der Waals surface area contributed by atoms with Crippen molar-refractivity contribution >= 4 is 11.9 Å². The van der Waals surface area contributed by atoms with Crippen molar-refractivity contribution in [2.24, 2.45) is 11.7 Å². The standard InChI is InChI=1S/C11H21N3O2/c12-11(16)14-10(15)8-13-7-6-9-4-2-1-3-5-9/h9,13H,1-8H2,(H3,12,14,15,16). The molecule has 0 atom stereocenters. The fraction of sp³-hybridized carbons (Fsp3) is 0.818. The Morgan fingerprint density at radius 2 is 1.88 bits per heavy atom. The van der Waals surface area contributed by atoms with Crippen LogP contribution in [0.3, 0.4) is 0 Å². The highest BCUT2D eigenvalue weighted by atomic mass is 16.2. The van der Waals surface area contributed by atoms with Crippen LogP contribution in [0.15, 0.2) is 0 Å². The summed E-state index contributed by atoms with van der Waals surface area (Å²) in [5.41, 5.74) is 4.82. The van der Waals surface area contributed by atoms with Gasteiger partial charge >= 0.3 is 6.03 Å². The van der Waals surface area contributed by atoms with Crippen LogP contribution in [0, 0.1) is 5.92 Å². The van der Waals surface area contributed by atoms with Crippen molar-refractivity contribution in [1.82, 2.24) is 10.6 Å². The highest BCUT2D eigenvalue weighted by Gasteiger charge is 2.12. The van der Waals surface area contributed by atoms with E-state index in [9.17, 15) is 9.59 Å². The number of imide groups is 1. The normalized spacial score (nSPS) is 17.0. The number of nitrogens with two attached hydrogens (primary N) is 1. The fourth-order valence-corrected chi connectivity index (χ4v) is 2.17. The van der Waals surface area contributed by atoms with Crippen molar-refractivity contribution < 1.29 is 9.59 Å². The Hall–Kier alpha value is -1.10. The summed E-state index contributed by atoms with van der Waals surface area (Å²) in [4.78, 5) is 21.4. The van der Waals surface area contributed by atoms with Crippen LogP contribution in [0.2, 0.25) is 0 Å². The van der Waals surface area contributed by atoms with E-state index < -0.39 is 6.03 Å². The van der Waals surface area contributed by atoms with Crippen LogP contribution < -0.4 is 16.4 Å². The van der Waals surface area contributed by atoms with Gasteiger partial charge in [-0.15, -0.1) is 0 Å². The molecule has 0 aromatic heterocycles. The second-order valence-electron chi connectivity index (χ2n) is 4.38. The summed E-state index contributed by atoms with van der Waals surface area (Å²) in [6.45, 7) is 0.993. The molecule has 1 saturated carbocycles. The molecule has 1 rings (SSSR count). The first-order valence-electron chi connectivity index (χ1n) is 5.98. The maximum Gasteiger partial charge on any atom is 0.318 e. The lowest BCUT2D eigenvalue weighted by molar-refractivity contribution is -0.119. The highest BCUT2D eigenvalue weighted by Crippen LogP contribution is 2.25. The SMILES string of the molecule is NC(=O)NC(=O)CNCCC1CCCCC1. The second-order valence-corrected chi connectivity index (χ2v) is 4.38. The first-order valence-corrected chi connectivity index (χ1v) is 5.98. The molecular weight excluding hydrogens is 206 g/mol. The molecule has 0 heterocycles. The van der Waals surface area contributed by atoms with E-state index in [0.29, 0.717) is 0 Å². The average Bonchev–Trinajstić information content (AvgIpc) is 2.25. The molecule has 5 heteroatoms. The summed E-state index contributed by atoms with van der Waals surface area (Å²) in [7, 11) is 0. The van der Waals surface area contributed by atoms with Gasteiger partial charge in [0, 0.05) is 0 Å². The van der Waals surface area contributed by atoms with Gasteiger partial charge in [0.05, 0.1) is 6.54 Å². The molecule has 16 heavy (non-hydrogen) atoms. The largest absolute Gasteiger partial charge is 0.351 e. The minimum atomic E-state index is -0.793. The Labute approximate surface area is 96.1 Å². The molecule has 0 aliphatic heterocycles. The molecule has 92 valence electrons. The molecule has 5 nitrogen and oxygen atoms in total. The Morgan fingerprint density at radius 1 is 1.19 bits per heavy atom. The first kappa shape index (κ1) is 13.0. The van der Waals surface area contributed by atoms with Crippen LogP contribution in [-0.2, 0) is 4.79 Å². The van der Waals surface area contributed by atoms with E-state index in [0.717, 1.165) is 18.9 Å². The molecule has 1 fully saturated rings. The molecule has 1 aliphatic rings. The zero-order valence-corrected chi connectivity index (χ0v) is 9.63. The van der Waals surface area contributed by atoms with E-state index in [2.05, 4.69) is 5.32 Å².